The third-order valence-corrected chi connectivity index (χ3v) is 4.28. The van der Waals surface area contributed by atoms with Crippen molar-refractivity contribution < 1.29 is 18.3 Å². The molecule has 4 N–H and O–H groups in total. The van der Waals surface area contributed by atoms with Gasteiger partial charge in [0.25, 0.3) is 0 Å². The highest BCUT2D eigenvalue weighted by Gasteiger charge is 2.16. The summed E-state index contributed by atoms with van der Waals surface area (Å²) in [5, 5.41) is 8.50. The normalized spacial score (nSPS) is 11.7. The van der Waals surface area contributed by atoms with Crippen LogP contribution in [0.1, 0.15) is 6.42 Å². The van der Waals surface area contributed by atoms with Crippen molar-refractivity contribution >= 4 is 31.6 Å². The molecule has 0 bridgehead atoms. The predicted molar refractivity (Wildman–Crippen MR) is 76.3 cm³/mol. The van der Waals surface area contributed by atoms with Crippen molar-refractivity contribution in [3.63, 3.8) is 0 Å². The zero-order valence-electron chi connectivity index (χ0n) is 10.3. The van der Waals surface area contributed by atoms with Crippen LogP contribution in [0.4, 0.5) is 5.69 Å². The lowest BCUT2D eigenvalue weighted by Crippen LogP contribution is -2.26. The third kappa shape index (κ3) is 5.45. The maximum Gasteiger partial charge on any atom is 0.242 e. The topological polar surface area (TPSA) is 102 Å². The molecule has 0 fully saturated rings. The van der Waals surface area contributed by atoms with Crippen LogP contribution in [0.5, 0.6) is 0 Å². The fourth-order valence-electron chi connectivity index (χ4n) is 1.39. The number of nitrogens with one attached hydrogen (secondary N) is 1. The number of ether oxygens (including phenoxy) is 1. The minimum atomic E-state index is -3.60. The van der Waals surface area contributed by atoms with E-state index in [0.29, 0.717) is 13.0 Å². The quantitative estimate of drug-likeness (QED) is 0.472. The average molecular weight is 353 g/mol. The second-order valence-electron chi connectivity index (χ2n) is 3.77. The highest BCUT2D eigenvalue weighted by atomic mass is 79.9. The van der Waals surface area contributed by atoms with E-state index in [4.69, 9.17) is 15.6 Å². The van der Waals surface area contributed by atoms with E-state index in [9.17, 15) is 8.42 Å². The van der Waals surface area contributed by atoms with Crippen molar-refractivity contribution in [3.05, 3.63) is 22.7 Å². The first-order valence-electron chi connectivity index (χ1n) is 5.70. The Kier molecular flexibility index (Phi) is 6.73. The number of rotatable bonds is 8. The molecule has 0 saturated carbocycles. The Balaban J connectivity index is 2.52. The lowest BCUT2D eigenvalue weighted by molar-refractivity contribution is 0.0913. The van der Waals surface area contributed by atoms with E-state index in [1.165, 1.54) is 6.07 Å². The maximum absolute atomic E-state index is 12.0. The molecule has 1 aromatic rings. The minimum absolute atomic E-state index is 0.0405. The molecule has 0 spiro atoms. The summed E-state index contributed by atoms with van der Waals surface area (Å²) in [5.41, 5.74) is 5.87. The SMILES string of the molecule is Nc1cc(Br)ccc1S(=O)(=O)NCCCOCCO. The smallest absolute Gasteiger partial charge is 0.242 e. The van der Waals surface area contributed by atoms with Gasteiger partial charge in [0.05, 0.1) is 18.9 Å². The molecule has 108 valence electrons. The van der Waals surface area contributed by atoms with Gasteiger partial charge < -0.3 is 15.6 Å². The number of nitrogens with two attached hydrogens (primary N) is 1. The Morgan fingerprint density at radius 2 is 2.11 bits per heavy atom. The van der Waals surface area contributed by atoms with Crippen LogP contribution in [0.15, 0.2) is 27.6 Å². The standard InChI is InChI=1S/C11H17BrN2O4S/c12-9-2-3-11(10(13)8-9)19(16,17)14-4-1-6-18-7-5-15/h2-3,8,14-15H,1,4-7,13H2. The summed E-state index contributed by atoms with van der Waals surface area (Å²) in [6.45, 7) is 0.857. The van der Waals surface area contributed by atoms with Gasteiger partial charge in [-0.05, 0) is 24.6 Å². The number of sulfonamides is 1. The summed E-state index contributed by atoms with van der Waals surface area (Å²) in [6.07, 6.45) is 0.523. The number of aliphatic hydroxyl groups is 1. The molecular weight excluding hydrogens is 336 g/mol. The van der Waals surface area contributed by atoms with Gasteiger partial charge >= 0.3 is 0 Å². The summed E-state index contributed by atoms with van der Waals surface area (Å²) in [5.74, 6) is 0. The maximum atomic E-state index is 12.0. The number of hydrogen-bond donors (Lipinski definition) is 3. The van der Waals surface area contributed by atoms with E-state index in [-0.39, 0.29) is 30.3 Å². The second-order valence-corrected chi connectivity index (χ2v) is 6.42. The Morgan fingerprint density at radius 3 is 2.74 bits per heavy atom. The molecule has 0 unspecified atom stereocenters. The third-order valence-electron chi connectivity index (χ3n) is 2.25. The number of anilines is 1. The van der Waals surface area contributed by atoms with Gasteiger partial charge in [0, 0.05) is 17.6 Å². The Labute approximate surface area is 121 Å². The molecule has 0 amide bonds. The molecule has 8 heteroatoms. The summed E-state index contributed by atoms with van der Waals surface area (Å²) < 4.78 is 32.1. The highest BCUT2D eigenvalue weighted by molar-refractivity contribution is 9.10. The number of nitrogen functional groups attached to an aromatic ring is 1. The van der Waals surface area contributed by atoms with E-state index in [2.05, 4.69) is 20.7 Å². The van der Waals surface area contributed by atoms with Crippen LogP contribution in [-0.4, -0.2) is 39.9 Å². The van der Waals surface area contributed by atoms with Crippen molar-refractivity contribution in [3.8, 4) is 0 Å². The summed E-state index contributed by atoms with van der Waals surface area (Å²) in [6, 6.07) is 4.61. The Morgan fingerprint density at radius 1 is 1.37 bits per heavy atom. The van der Waals surface area contributed by atoms with E-state index >= 15 is 0 Å². The zero-order chi connectivity index (χ0) is 14.3. The summed E-state index contributed by atoms with van der Waals surface area (Å²) in [7, 11) is -3.60. The van der Waals surface area contributed by atoms with Crippen molar-refractivity contribution in [1.29, 1.82) is 0 Å². The van der Waals surface area contributed by atoms with E-state index < -0.39 is 10.0 Å². The summed E-state index contributed by atoms with van der Waals surface area (Å²) in [4.78, 5) is 0.0620. The fourth-order valence-corrected chi connectivity index (χ4v) is 2.95. The monoisotopic (exact) mass is 352 g/mol. The molecule has 19 heavy (non-hydrogen) atoms. The van der Waals surface area contributed by atoms with Gasteiger partial charge in [-0.1, -0.05) is 15.9 Å². The molecule has 1 rings (SSSR count). The van der Waals surface area contributed by atoms with Crippen LogP contribution in [0.25, 0.3) is 0 Å². The molecule has 1 aromatic carbocycles. The predicted octanol–water partition coefficient (Wildman–Crippen LogP) is 0.709. The fraction of sp³-hybridized carbons (Fsp3) is 0.455. The van der Waals surface area contributed by atoms with E-state index in [0.717, 1.165) is 4.47 Å². The largest absolute Gasteiger partial charge is 0.398 e. The van der Waals surface area contributed by atoms with Gasteiger partial charge in [-0.15, -0.1) is 0 Å². The number of benzene rings is 1. The minimum Gasteiger partial charge on any atom is -0.398 e. The van der Waals surface area contributed by atoms with Gasteiger partial charge in [-0.2, -0.15) is 0 Å². The first-order valence-corrected chi connectivity index (χ1v) is 7.98. The van der Waals surface area contributed by atoms with Crippen molar-refractivity contribution in [2.75, 3.05) is 32.1 Å². The second kappa shape index (κ2) is 7.81. The molecule has 6 nitrogen and oxygen atoms in total. The van der Waals surface area contributed by atoms with Crippen LogP contribution in [0.3, 0.4) is 0 Å². The molecule has 0 saturated heterocycles. The van der Waals surface area contributed by atoms with Crippen LogP contribution in [0, 0.1) is 0 Å². The lowest BCUT2D eigenvalue weighted by atomic mass is 10.3. The van der Waals surface area contributed by atoms with Crippen molar-refractivity contribution in [1.82, 2.24) is 4.72 Å². The van der Waals surface area contributed by atoms with E-state index in [1.807, 2.05) is 0 Å². The van der Waals surface area contributed by atoms with Gasteiger partial charge in [0.15, 0.2) is 0 Å². The van der Waals surface area contributed by atoms with E-state index in [1.54, 1.807) is 12.1 Å². The number of hydrogen-bond acceptors (Lipinski definition) is 5. The molecule has 0 aliphatic heterocycles. The first-order chi connectivity index (χ1) is 8.97. The van der Waals surface area contributed by atoms with Crippen LogP contribution >= 0.6 is 15.9 Å². The Bertz CT molecular complexity index is 507. The van der Waals surface area contributed by atoms with Crippen LogP contribution in [0.2, 0.25) is 0 Å². The highest BCUT2D eigenvalue weighted by Crippen LogP contribution is 2.22. The van der Waals surface area contributed by atoms with Crippen LogP contribution < -0.4 is 10.5 Å². The number of aliphatic hydroxyl groups excluding tert-OH is 1. The molecule has 0 aliphatic carbocycles. The lowest BCUT2D eigenvalue weighted by Gasteiger charge is -2.09. The molecular formula is C11H17BrN2O4S. The van der Waals surface area contributed by atoms with Crippen molar-refractivity contribution in [2.45, 2.75) is 11.3 Å². The average Bonchev–Trinajstić information content (AvgIpc) is 2.33. The van der Waals surface area contributed by atoms with Gasteiger partial charge in [-0.25, -0.2) is 13.1 Å². The molecule has 0 aliphatic rings. The molecule has 0 radical (unpaired) electrons. The summed E-state index contributed by atoms with van der Waals surface area (Å²) >= 11 is 3.22. The van der Waals surface area contributed by atoms with Gasteiger partial charge in [0.2, 0.25) is 10.0 Å². The van der Waals surface area contributed by atoms with Crippen LogP contribution in [-0.2, 0) is 14.8 Å². The van der Waals surface area contributed by atoms with Crippen molar-refractivity contribution in [2.24, 2.45) is 0 Å². The first kappa shape index (κ1) is 16.4. The van der Waals surface area contributed by atoms with Gasteiger partial charge in [-0.3, -0.25) is 0 Å². The zero-order valence-corrected chi connectivity index (χ0v) is 12.7. The molecule has 0 atom stereocenters. The number of halogens is 1. The Hall–Kier alpha value is -0.670. The van der Waals surface area contributed by atoms with Gasteiger partial charge in [0.1, 0.15) is 4.90 Å². The molecule has 0 heterocycles. The molecule has 0 aromatic heterocycles.